The van der Waals surface area contributed by atoms with Gasteiger partial charge in [-0.15, -0.1) is 11.3 Å². The molecule has 0 bridgehead atoms. The highest BCUT2D eigenvalue weighted by Gasteiger charge is 2.23. The highest BCUT2D eigenvalue weighted by molar-refractivity contribution is 7.09. The Balaban J connectivity index is 1.54. The molecule has 4 rings (SSSR count). The van der Waals surface area contributed by atoms with Crippen molar-refractivity contribution < 1.29 is 4.74 Å². The second-order valence-electron chi connectivity index (χ2n) is 5.68. The maximum atomic E-state index is 6.17. The van der Waals surface area contributed by atoms with Crippen molar-refractivity contribution in [1.82, 2.24) is 19.4 Å². The Morgan fingerprint density at radius 2 is 2.22 bits per heavy atom. The van der Waals surface area contributed by atoms with Gasteiger partial charge in [-0.1, -0.05) is 0 Å². The summed E-state index contributed by atoms with van der Waals surface area (Å²) in [4.78, 5) is 10.9. The van der Waals surface area contributed by atoms with Crippen LogP contribution in [0, 0.1) is 0 Å². The van der Waals surface area contributed by atoms with Crippen molar-refractivity contribution >= 4 is 11.3 Å². The summed E-state index contributed by atoms with van der Waals surface area (Å²) >= 11 is 1.70. The molecular weight excluding hydrogens is 308 g/mol. The second-order valence-corrected chi connectivity index (χ2v) is 6.66. The summed E-state index contributed by atoms with van der Waals surface area (Å²) < 4.78 is 8.45. The van der Waals surface area contributed by atoms with Gasteiger partial charge in [-0.25, -0.2) is 4.98 Å². The number of fused-ring (bicyclic) bond motifs is 1. The first-order chi connectivity index (χ1) is 11.4. The SMILES string of the molecule is c1cncc(O[C@H]2CN(Cc3nccs3)Cc3cccn3C2)c1. The van der Waals surface area contributed by atoms with Crippen LogP contribution in [0.5, 0.6) is 5.75 Å². The van der Waals surface area contributed by atoms with Gasteiger partial charge in [0.1, 0.15) is 16.9 Å². The fraction of sp³-hybridized carbons (Fsp3) is 0.294. The summed E-state index contributed by atoms with van der Waals surface area (Å²) in [6.45, 7) is 3.50. The van der Waals surface area contributed by atoms with Gasteiger partial charge < -0.3 is 9.30 Å². The molecular formula is C17H18N4OS. The van der Waals surface area contributed by atoms with Gasteiger partial charge >= 0.3 is 0 Å². The van der Waals surface area contributed by atoms with Crippen LogP contribution in [-0.2, 0) is 19.6 Å². The Hall–Kier alpha value is -2.18. The lowest BCUT2D eigenvalue weighted by atomic mass is 10.3. The molecule has 1 aliphatic rings. The van der Waals surface area contributed by atoms with Crippen molar-refractivity contribution in [3.8, 4) is 5.75 Å². The van der Waals surface area contributed by atoms with Gasteiger partial charge in [0.2, 0.25) is 0 Å². The molecule has 0 unspecified atom stereocenters. The van der Waals surface area contributed by atoms with Crippen LogP contribution in [0.1, 0.15) is 10.7 Å². The Morgan fingerprint density at radius 1 is 1.22 bits per heavy atom. The number of thiazole rings is 1. The first-order valence-corrected chi connectivity index (χ1v) is 8.56. The van der Waals surface area contributed by atoms with Crippen LogP contribution in [0.4, 0.5) is 0 Å². The number of rotatable bonds is 4. The molecule has 0 saturated heterocycles. The van der Waals surface area contributed by atoms with E-state index in [1.165, 1.54) is 5.69 Å². The van der Waals surface area contributed by atoms with Gasteiger partial charge in [0.15, 0.2) is 0 Å². The average molecular weight is 326 g/mol. The van der Waals surface area contributed by atoms with Gasteiger partial charge in [0.05, 0.1) is 19.3 Å². The smallest absolute Gasteiger partial charge is 0.138 e. The van der Waals surface area contributed by atoms with Crippen LogP contribution < -0.4 is 4.74 Å². The van der Waals surface area contributed by atoms with Gasteiger partial charge in [0, 0.05) is 42.8 Å². The molecule has 0 fully saturated rings. The first kappa shape index (κ1) is 14.4. The largest absolute Gasteiger partial charge is 0.486 e. The normalized spacial score (nSPS) is 18.3. The molecule has 3 aromatic rings. The predicted octanol–water partition coefficient (Wildman–Crippen LogP) is 2.80. The number of aromatic nitrogens is 3. The number of pyridine rings is 1. The van der Waals surface area contributed by atoms with E-state index in [0.717, 1.165) is 36.9 Å². The van der Waals surface area contributed by atoms with Gasteiger partial charge in [0.25, 0.3) is 0 Å². The molecule has 118 valence electrons. The Bertz CT molecular complexity index is 741. The third kappa shape index (κ3) is 3.43. The van der Waals surface area contributed by atoms with E-state index in [0.29, 0.717) is 0 Å². The summed E-state index contributed by atoms with van der Waals surface area (Å²) in [7, 11) is 0. The minimum atomic E-state index is 0.0906. The zero-order chi connectivity index (χ0) is 15.5. The van der Waals surface area contributed by atoms with Crippen molar-refractivity contribution in [2.75, 3.05) is 6.54 Å². The first-order valence-electron chi connectivity index (χ1n) is 7.68. The zero-order valence-corrected chi connectivity index (χ0v) is 13.5. The van der Waals surface area contributed by atoms with E-state index in [4.69, 9.17) is 4.74 Å². The van der Waals surface area contributed by atoms with Gasteiger partial charge in [-0.3, -0.25) is 9.88 Å². The van der Waals surface area contributed by atoms with E-state index in [-0.39, 0.29) is 6.10 Å². The molecule has 0 radical (unpaired) electrons. The topological polar surface area (TPSA) is 43.2 Å². The van der Waals surface area contributed by atoms with Crippen molar-refractivity contribution in [2.24, 2.45) is 0 Å². The van der Waals surface area contributed by atoms with Crippen molar-refractivity contribution in [3.05, 3.63) is 65.1 Å². The molecule has 0 saturated carbocycles. The lowest BCUT2D eigenvalue weighted by Gasteiger charge is -2.23. The zero-order valence-electron chi connectivity index (χ0n) is 12.7. The molecule has 0 aliphatic carbocycles. The number of ether oxygens (including phenoxy) is 1. The van der Waals surface area contributed by atoms with Crippen LogP contribution in [0.25, 0.3) is 0 Å². The maximum absolute atomic E-state index is 6.17. The monoisotopic (exact) mass is 326 g/mol. The van der Waals surface area contributed by atoms with Crippen molar-refractivity contribution in [2.45, 2.75) is 25.7 Å². The molecule has 1 atom stereocenters. The molecule has 0 amide bonds. The molecule has 0 aromatic carbocycles. The summed E-state index contributed by atoms with van der Waals surface area (Å²) in [5.41, 5.74) is 1.32. The van der Waals surface area contributed by atoms with Gasteiger partial charge in [-0.2, -0.15) is 0 Å². The van der Waals surface area contributed by atoms with E-state index >= 15 is 0 Å². The van der Waals surface area contributed by atoms with Crippen molar-refractivity contribution in [1.29, 1.82) is 0 Å². The molecule has 6 heteroatoms. The molecule has 0 N–H and O–H groups in total. The minimum absolute atomic E-state index is 0.0906. The summed E-state index contributed by atoms with van der Waals surface area (Å²) in [5.74, 6) is 0.822. The molecule has 5 nitrogen and oxygen atoms in total. The van der Waals surface area contributed by atoms with Crippen molar-refractivity contribution in [3.63, 3.8) is 0 Å². The van der Waals surface area contributed by atoms with E-state index in [1.54, 1.807) is 23.7 Å². The Labute approximate surface area is 139 Å². The van der Waals surface area contributed by atoms with Crippen LogP contribution in [0.2, 0.25) is 0 Å². The number of hydrogen-bond donors (Lipinski definition) is 0. The van der Waals surface area contributed by atoms with Crippen LogP contribution in [0.3, 0.4) is 0 Å². The lowest BCUT2D eigenvalue weighted by Crippen LogP contribution is -2.34. The third-order valence-electron chi connectivity index (χ3n) is 3.95. The summed E-state index contributed by atoms with van der Waals surface area (Å²) in [5, 5.41) is 3.17. The molecule has 4 heterocycles. The molecule has 1 aliphatic heterocycles. The number of hydrogen-bond acceptors (Lipinski definition) is 5. The van der Waals surface area contributed by atoms with Crippen LogP contribution >= 0.6 is 11.3 Å². The van der Waals surface area contributed by atoms with E-state index in [2.05, 4.69) is 37.8 Å². The fourth-order valence-electron chi connectivity index (χ4n) is 2.96. The van der Waals surface area contributed by atoms with E-state index in [1.807, 2.05) is 23.7 Å². The second kappa shape index (κ2) is 6.52. The maximum Gasteiger partial charge on any atom is 0.138 e. The molecule has 23 heavy (non-hydrogen) atoms. The third-order valence-corrected chi connectivity index (χ3v) is 4.72. The summed E-state index contributed by atoms with van der Waals surface area (Å²) in [6.07, 6.45) is 7.62. The predicted molar refractivity (Wildman–Crippen MR) is 89.3 cm³/mol. The summed E-state index contributed by atoms with van der Waals surface area (Å²) in [6, 6.07) is 8.14. The minimum Gasteiger partial charge on any atom is -0.486 e. The van der Waals surface area contributed by atoms with E-state index < -0.39 is 0 Å². The molecule has 3 aromatic heterocycles. The van der Waals surface area contributed by atoms with Crippen LogP contribution in [-0.4, -0.2) is 32.1 Å². The van der Waals surface area contributed by atoms with E-state index in [9.17, 15) is 0 Å². The quantitative estimate of drug-likeness (QED) is 0.739. The van der Waals surface area contributed by atoms with Crippen LogP contribution in [0.15, 0.2) is 54.4 Å². The average Bonchev–Trinajstić information content (AvgIpc) is 3.18. The number of nitrogens with zero attached hydrogens (tertiary/aromatic N) is 4. The highest BCUT2D eigenvalue weighted by Crippen LogP contribution is 2.20. The molecule has 0 spiro atoms. The lowest BCUT2D eigenvalue weighted by molar-refractivity contribution is 0.123. The van der Waals surface area contributed by atoms with Gasteiger partial charge in [-0.05, 0) is 24.3 Å². The fourth-order valence-corrected chi connectivity index (χ4v) is 3.61. The highest BCUT2D eigenvalue weighted by atomic mass is 32.1. The standard InChI is InChI=1S/C17H18N4OS/c1-4-15(9-18-5-1)22-16-11-20(13-17-19-6-8-23-17)10-14-3-2-7-21(14)12-16/h1-9,16H,10-13H2/t16-/m0/s1. The Morgan fingerprint density at radius 3 is 3.04 bits per heavy atom. The Kier molecular flexibility index (Phi) is 4.08.